The predicted molar refractivity (Wildman–Crippen MR) is 104 cm³/mol. The normalized spacial score (nSPS) is 10.3. The first-order valence-electron chi connectivity index (χ1n) is 8.37. The average molecular weight is 350 g/mol. The largest absolute Gasteiger partial charge is 0.322 e. The quantitative estimate of drug-likeness (QED) is 0.593. The van der Waals surface area contributed by atoms with E-state index in [9.17, 15) is 4.79 Å². The Morgan fingerprint density at radius 2 is 1.78 bits per heavy atom. The van der Waals surface area contributed by atoms with Crippen molar-refractivity contribution in [1.82, 2.24) is 9.97 Å². The van der Waals surface area contributed by atoms with Crippen molar-refractivity contribution in [3.05, 3.63) is 90.1 Å². The van der Waals surface area contributed by atoms with Gasteiger partial charge in [-0.15, -0.1) is 0 Å². The zero-order valence-corrected chi connectivity index (χ0v) is 14.3. The number of benzene rings is 2. The number of nitrogens with zero attached hydrogens (tertiary/aromatic N) is 3. The lowest BCUT2D eigenvalue weighted by Gasteiger charge is -2.10. The molecule has 1 amide bonds. The van der Waals surface area contributed by atoms with Crippen LogP contribution in [0.15, 0.2) is 79.0 Å². The lowest BCUT2D eigenvalue weighted by atomic mass is 10.1. The number of aromatic nitrogens is 2. The summed E-state index contributed by atoms with van der Waals surface area (Å²) in [5.74, 6) is -0.263. The summed E-state index contributed by atoms with van der Waals surface area (Å²) in [5, 5.41) is 12.7. The minimum atomic E-state index is -0.263. The molecule has 4 rings (SSSR count). The van der Waals surface area contributed by atoms with E-state index in [4.69, 9.17) is 5.26 Å². The van der Waals surface area contributed by atoms with Crippen LogP contribution in [0.4, 0.5) is 5.69 Å². The Balaban J connectivity index is 1.80. The molecule has 0 saturated carbocycles. The molecule has 2 aromatic carbocycles. The van der Waals surface area contributed by atoms with Gasteiger partial charge in [0.25, 0.3) is 5.91 Å². The number of anilines is 1. The highest BCUT2D eigenvalue weighted by atomic mass is 16.1. The van der Waals surface area contributed by atoms with Crippen molar-refractivity contribution in [2.24, 2.45) is 0 Å². The molecule has 0 spiro atoms. The maximum Gasteiger partial charge on any atom is 0.256 e. The van der Waals surface area contributed by atoms with Crippen LogP contribution in [0.2, 0.25) is 0 Å². The highest BCUT2D eigenvalue weighted by Gasteiger charge is 2.14. The maximum absolute atomic E-state index is 13.0. The Hall–Kier alpha value is -4.04. The van der Waals surface area contributed by atoms with E-state index < -0.39 is 0 Å². The monoisotopic (exact) mass is 350 g/mol. The Morgan fingerprint density at radius 1 is 0.926 bits per heavy atom. The van der Waals surface area contributed by atoms with Gasteiger partial charge in [0, 0.05) is 17.3 Å². The van der Waals surface area contributed by atoms with E-state index in [0.29, 0.717) is 28.2 Å². The molecule has 0 unspecified atom stereocenters. The van der Waals surface area contributed by atoms with Crippen molar-refractivity contribution in [2.75, 3.05) is 5.32 Å². The number of nitriles is 1. The summed E-state index contributed by atoms with van der Waals surface area (Å²) in [6, 6.07) is 23.7. The third-order valence-electron chi connectivity index (χ3n) is 4.14. The predicted octanol–water partition coefficient (Wildman–Crippen LogP) is 4.42. The van der Waals surface area contributed by atoms with Crippen LogP contribution >= 0.6 is 0 Å². The van der Waals surface area contributed by atoms with Crippen molar-refractivity contribution in [1.29, 1.82) is 5.26 Å². The molecule has 0 aliphatic rings. The lowest BCUT2D eigenvalue weighted by molar-refractivity contribution is 0.102. The molecule has 27 heavy (non-hydrogen) atoms. The molecule has 0 aliphatic carbocycles. The number of pyridine rings is 2. The van der Waals surface area contributed by atoms with Crippen molar-refractivity contribution in [3.63, 3.8) is 0 Å². The molecule has 128 valence electrons. The van der Waals surface area contributed by atoms with Gasteiger partial charge >= 0.3 is 0 Å². The minimum Gasteiger partial charge on any atom is -0.322 e. The van der Waals surface area contributed by atoms with Crippen molar-refractivity contribution >= 4 is 22.5 Å². The van der Waals surface area contributed by atoms with Gasteiger partial charge in [0.05, 0.1) is 34.1 Å². The van der Waals surface area contributed by atoms with Gasteiger partial charge < -0.3 is 5.32 Å². The molecule has 0 fully saturated rings. The molecule has 2 aromatic heterocycles. The molecule has 0 radical (unpaired) electrons. The van der Waals surface area contributed by atoms with E-state index in [0.717, 1.165) is 10.9 Å². The first kappa shape index (κ1) is 16.4. The van der Waals surface area contributed by atoms with Gasteiger partial charge in [-0.2, -0.15) is 5.26 Å². The second-order valence-electron chi connectivity index (χ2n) is 5.93. The molecule has 0 aliphatic heterocycles. The third-order valence-corrected chi connectivity index (χ3v) is 4.14. The van der Waals surface area contributed by atoms with E-state index in [1.54, 1.807) is 36.5 Å². The Kier molecular flexibility index (Phi) is 4.30. The first-order chi connectivity index (χ1) is 13.2. The number of hydrogen-bond acceptors (Lipinski definition) is 4. The summed E-state index contributed by atoms with van der Waals surface area (Å²) >= 11 is 0. The fraction of sp³-hybridized carbons (Fsp3) is 0. The van der Waals surface area contributed by atoms with Crippen LogP contribution < -0.4 is 5.32 Å². The van der Waals surface area contributed by atoms with E-state index in [1.807, 2.05) is 42.5 Å². The second-order valence-corrected chi connectivity index (χ2v) is 5.93. The smallest absolute Gasteiger partial charge is 0.256 e. The molecule has 0 bridgehead atoms. The standard InChI is InChI=1S/C22H14N4O/c23-14-15-6-5-7-16(12-15)25-22(27)18-13-21(20-10-3-4-11-24-20)26-19-9-2-1-8-17(18)19/h1-13H,(H,25,27). The van der Waals surface area contributed by atoms with E-state index in [-0.39, 0.29) is 5.91 Å². The highest BCUT2D eigenvalue weighted by molar-refractivity contribution is 6.13. The van der Waals surface area contributed by atoms with Gasteiger partial charge in [-0.3, -0.25) is 9.78 Å². The number of fused-ring (bicyclic) bond motifs is 1. The first-order valence-corrected chi connectivity index (χ1v) is 8.37. The molecular weight excluding hydrogens is 336 g/mol. The Bertz CT molecular complexity index is 1180. The van der Waals surface area contributed by atoms with Gasteiger partial charge in [0.2, 0.25) is 0 Å². The van der Waals surface area contributed by atoms with Gasteiger partial charge in [0.15, 0.2) is 0 Å². The second kappa shape index (κ2) is 7.06. The van der Waals surface area contributed by atoms with Crippen LogP contribution in [0.3, 0.4) is 0 Å². The number of para-hydroxylation sites is 1. The summed E-state index contributed by atoms with van der Waals surface area (Å²) in [7, 11) is 0. The van der Waals surface area contributed by atoms with Gasteiger partial charge in [-0.1, -0.05) is 30.3 Å². The lowest BCUT2D eigenvalue weighted by Crippen LogP contribution is -2.13. The van der Waals surface area contributed by atoms with E-state index in [2.05, 4.69) is 21.4 Å². The number of hydrogen-bond donors (Lipinski definition) is 1. The van der Waals surface area contributed by atoms with Crippen molar-refractivity contribution in [2.45, 2.75) is 0 Å². The molecule has 0 saturated heterocycles. The number of carbonyl (C=O) groups excluding carboxylic acids is 1. The highest BCUT2D eigenvalue weighted by Crippen LogP contribution is 2.24. The van der Waals surface area contributed by atoms with Gasteiger partial charge in [-0.25, -0.2) is 4.98 Å². The molecule has 2 heterocycles. The van der Waals surface area contributed by atoms with Crippen LogP contribution in [-0.4, -0.2) is 15.9 Å². The fourth-order valence-electron chi connectivity index (χ4n) is 2.87. The molecule has 4 aromatic rings. The van der Waals surface area contributed by atoms with Crippen LogP contribution in [-0.2, 0) is 0 Å². The number of rotatable bonds is 3. The molecular formula is C22H14N4O. The number of amides is 1. The number of carbonyl (C=O) groups is 1. The van der Waals surface area contributed by atoms with E-state index >= 15 is 0 Å². The average Bonchev–Trinajstić information content (AvgIpc) is 2.73. The van der Waals surface area contributed by atoms with Crippen molar-refractivity contribution < 1.29 is 4.79 Å². The number of nitrogens with one attached hydrogen (secondary N) is 1. The molecule has 5 heteroatoms. The minimum absolute atomic E-state index is 0.263. The molecule has 0 atom stereocenters. The SMILES string of the molecule is N#Cc1cccc(NC(=O)c2cc(-c3ccccn3)nc3ccccc23)c1. The summed E-state index contributed by atoms with van der Waals surface area (Å²) in [4.78, 5) is 21.9. The van der Waals surface area contributed by atoms with Crippen LogP contribution in [0, 0.1) is 11.3 Å². The van der Waals surface area contributed by atoms with Crippen molar-refractivity contribution in [3.8, 4) is 17.5 Å². The zero-order valence-electron chi connectivity index (χ0n) is 14.3. The summed E-state index contributed by atoms with van der Waals surface area (Å²) in [6.07, 6.45) is 1.69. The topological polar surface area (TPSA) is 78.7 Å². The maximum atomic E-state index is 13.0. The summed E-state index contributed by atoms with van der Waals surface area (Å²) in [6.45, 7) is 0. The Labute approximate surface area is 156 Å². The third kappa shape index (κ3) is 3.37. The van der Waals surface area contributed by atoms with Crippen LogP contribution in [0.25, 0.3) is 22.3 Å². The van der Waals surface area contributed by atoms with Crippen LogP contribution in [0.1, 0.15) is 15.9 Å². The zero-order chi connectivity index (χ0) is 18.6. The summed E-state index contributed by atoms with van der Waals surface area (Å²) < 4.78 is 0. The van der Waals surface area contributed by atoms with E-state index in [1.165, 1.54) is 0 Å². The van der Waals surface area contributed by atoms with Gasteiger partial charge in [0.1, 0.15) is 0 Å². The fourth-order valence-corrected chi connectivity index (χ4v) is 2.87. The van der Waals surface area contributed by atoms with Gasteiger partial charge in [-0.05, 0) is 42.5 Å². The van der Waals surface area contributed by atoms with Crippen LogP contribution in [0.5, 0.6) is 0 Å². The molecule has 5 nitrogen and oxygen atoms in total. The summed E-state index contributed by atoms with van der Waals surface area (Å²) in [5.41, 5.74) is 3.61. The Morgan fingerprint density at radius 3 is 2.59 bits per heavy atom. The molecule has 1 N–H and O–H groups in total.